The highest BCUT2D eigenvalue weighted by atomic mass is 16.6. The third kappa shape index (κ3) is 9.10. The van der Waals surface area contributed by atoms with Crippen molar-refractivity contribution in [3.8, 4) is 0 Å². The van der Waals surface area contributed by atoms with E-state index in [-0.39, 0.29) is 31.3 Å². The molecule has 11 heteroatoms. The fourth-order valence-corrected chi connectivity index (χ4v) is 3.80. The van der Waals surface area contributed by atoms with Gasteiger partial charge >= 0.3 is 17.9 Å². The molecule has 0 aromatic rings. The number of hydrogen-bond donors (Lipinski definition) is 1. The van der Waals surface area contributed by atoms with Gasteiger partial charge in [-0.2, -0.15) is 0 Å². The number of aliphatic carboxylic acids is 1. The summed E-state index contributed by atoms with van der Waals surface area (Å²) in [5, 5.41) is 8.79. The van der Waals surface area contributed by atoms with Crippen LogP contribution in [0.15, 0.2) is 0 Å². The Morgan fingerprint density at radius 3 is 1.82 bits per heavy atom. The SMILES string of the molecule is CCOC(=O)C1(COC)CCCO1.CCOC(=O)[C@@H]1CCCO1.COCC1(C(=O)O)CCCO1. The van der Waals surface area contributed by atoms with Gasteiger partial charge in [0.1, 0.15) is 0 Å². The normalized spacial score (nSPS) is 27.7. The Morgan fingerprint density at radius 2 is 1.41 bits per heavy atom. The summed E-state index contributed by atoms with van der Waals surface area (Å²) in [5.74, 6) is -1.42. The molecule has 3 saturated heterocycles. The van der Waals surface area contributed by atoms with Crippen LogP contribution in [0, 0.1) is 0 Å². The number of methoxy groups -OCH3 is 2. The van der Waals surface area contributed by atoms with Gasteiger partial charge in [0.2, 0.25) is 0 Å². The predicted molar refractivity (Wildman–Crippen MR) is 119 cm³/mol. The molecule has 0 aromatic heterocycles. The van der Waals surface area contributed by atoms with Crippen LogP contribution in [0.25, 0.3) is 0 Å². The Balaban J connectivity index is 0.000000257. The summed E-state index contributed by atoms with van der Waals surface area (Å²) in [6, 6.07) is 0. The zero-order valence-corrected chi connectivity index (χ0v) is 20.8. The van der Waals surface area contributed by atoms with Gasteiger partial charge in [-0.05, 0) is 52.4 Å². The van der Waals surface area contributed by atoms with Gasteiger partial charge in [-0.15, -0.1) is 0 Å². The molecule has 0 bridgehead atoms. The van der Waals surface area contributed by atoms with E-state index in [0.29, 0.717) is 45.9 Å². The maximum atomic E-state index is 11.5. The van der Waals surface area contributed by atoms with Crippen molar-refractivity contribution in [1.29, 1.82) is 0 Å². The van der Waals surface area contributed by atoms with Crippen LogP contribution in [0.1, 0.15) is 52.4 Å². The maximum Gasteiger partial charge on any atom is 0.340 e. The molecule has 0 aliphatic carbocycles. The minimum Gasteiger partial charge on any atom is -0.479 e. The molecule has 0 spiro atoms. The molecule has 11 nitrogen and oxygen atoms in total. The summed E-state index contributed by atoms with van der Waals surface area (Å²) in [6.45, 7) is 6.67. The van der Waals surface area contributed by atoms with E-state index in [1.54, 1.807) is 21.0 Å². The van der Waals surface area contributed by atoms with Gasteiger partial charge < -0.3 is 38.3 Å². The Morgan fingerprint density at radius 1 is 0.853 bits per heavy atom. The number of carbonyl (C=O) groups is 3. The van der Waals surface area contributed by atoms with E-state index in [2.05, 4.69) is 0 Å². The number of ether oxygens (including phenoxy) is 7. The highest BCUT2D eigenvalue weighted by molar-refractivity contribution is 5.80. The molecule has 0 saturated carbocycles. The molecule has 0 radical (unpaired) electrons. The lowest BCUT2D eigenvalue weighted by molar-refractivity contribution is -0.172. The first-order valence-corrected chi connectivity index (χ1v) is 11.8. The van der Waals surface area contributed by atoms with Crippen LogP contribution in [0.3, 0.4) is 0 Å². The number of carbonyl (C=O) groups excluding carboxylic acids is 2. The Kier molecular flexibility index (Phi) is 14.2. The molecule has 2 unspecified atom stereocenters. The molecule has 3 rings (SSSR count). The number of carboxylic acids is 1. The number of hydrogen-bond acceptors (Lipinski definition) is 10. The van der Waals surface area contributed by atoms with Crippen molar-refractivity contribution in [1.82, 2.24) is 0 Å². The smallest absolute Gasteiger partial charge is 0.340 e. The lowest BCUT2D eigenvalue weighted by Gasteiger charge is -2.24. The third-order valence-corrected chi connectivity index (χ3v) is 5.48. The second-order valence-electron chi connectivity index (χ2n) is 8.04. The molecule has 3 aliphatic heterocycles. The number of rotatable bonds is 9. The van der Waals surface area contributed by atoms with E-state index in [4.69, 9.17) is 38.3 Å². The van der Waals surface area contributed by atoms with E-state index in [1.807, 2.05) is 0 Å². The fourth-order valence-electron chi connectivity index (χ4n) is 3.80. The van der Waals surface area contributed by atoms with E-state index < -0.39 is 17.2 Å². The van der Waals surface area contributed by atoms with Crippen LogP contribution in [0.2, 0.25) is 0 Å². The molecule has 3 heterocycles. The first-order chi connectivity index (χ1) is 16.3. The molecular weight excluding hydrogens is 452 g/mol. The first-order valence-electron chi connectivity index (χ1n) is 11.8. The fraction of sp³-hybridized carbons (Fsp3) is 0.870. The summed E-state index contributed by atoms with van der Waals surface area (Å²) in [6.07, 6.45) is 4.45. The summed E-state index contributed by atoms with van der Waals surface area (Å²) >= 11 is 0. The van der Waals surface area contributed by atoms with Crippen LogP contribution < -0.4 is 0 Å². The quantitative estimate of drug-likeness (QED) is 0.471. The Bertz CT molecular complexity index is 604. The van der Waals surface area contributed by atoms with Crippen molar-refractivity contribution >= 4 is 17.9 Å². The van der Waals surface area contributed by atoms with E-state index >= 15 is 0 Å². The Hall–Kier alpha value is -1.79. The summed E-state index contributed by atoms with van der Waals surface area (Å²) < 4.78 is 35.1. The molecule has 34 heavy (non-hydrogen) atoms. The Labute approximate surface area is 201 Å². The molecule has 3 atom stereocenters. The zero-order chi connectivity index (χ0) is 25.5. The van der Waals surface area contributed by atoms with Crippen LogP contribution in [-0.2, 0) is 47.5 Å². The predicted octanol–water partition coefficient (Wildman–Crippen LogP) is 1.74. The van der Waals surface area contributed by atoms with Crippen molar-refractivity contribution in [2.45, 2.75) is 69.7 Å². The monoisotopic (exact) mass is 492 g/mol. The van der Waals surface area contributed by atoms with Crippen LogP contribution in [0.4, 0.5) is 0 Å². The van der Waals surface area contributed by atoms with Crippen molar-refractivity contribution in [3.05, 3.63) is 0 Å². The lowest BCUT2D eigenvalue weighted by atomic mass is 10.0. The lowest BCUT2D eigenvalue weighted by Crippen LogP contribution is -2.43. The highest BCUT2D eigenvalue weighted by Crippen LogP contribution is 2.27. The van der Waals surface area contributed by atoms with Gasteiger partial charge in [-0.25, -0.2) is 14.4 Å². The van der Waals surface area contributed by atoms with Gasteiger partial charge in [0.15, 0.2) is 17.3 Å². The van der Waals surface area contributed by atoms with Crippen molar-refractivity contribution < 1.29 is 52.6 Å². The first kappa shape index (κ1) is 30.2. The largest absolute Gasteiger partial charge is 0.479 e. The standard InChI is InChI=1S/C9H16O4.C7H12O4.C7H12O3/c1-3-12-8(10)9(7-11-2)5-4-6-13-9;1-10-5-7(6(8)9)3-2-4-11-7;1-2-9-7(8)6-4-3-5-10-6/h3-7H2,1-2H3;2-5H2,1H3,(H,8,9);6H,2-5H2,1H3/t;;6-/m..0/s1. The molecule has 3 fully saturated rings. The molecule has 198 valence electrons. The van der Waals surface area contributed by atoms with Gasteiger partial charge in [0.25, 0.3) is 0 Å². The maximum absolute atomic E-state index is 11.5. The van der Waals surface area contributed by atoms with E-state index in [9.17, 15) is 14.4 Å². The summed E-state index contributed by atoms with van der Waals surface area (Å²) in [5.41, 5.74) is -1.89. The van der Waals surface area contributed by atoms with Crippen LogP contribution >= 0.6 is 0 Å². The third-order valence-electron chi connectivity index (χ3n) is 5.48. The highest BCUT2D eigenvalue weighted by Gasteiger charge is 2.44. The second-order valence-corrected chi connectivity index (χ2v) is 8.04. The molecule has 0 amide bonds. The summed E-state index contributed by atoms with van der Waals surface area (Å²) in [7, 11) is 3.04. The minimum atomic E-state index is -1.06. The van der Waals surface area contributed by atoms with E-state index in [1.165, 1.54) is 7.11 Å². The number of carboxylic acid groups (broad SMARTS) is 1. The molecular formula is C23H40O11. The van der Waals surface area contributed by atoms with Gasteiger partial charge in [0.05, 0.1) is 26.4 Å². The topological polar surface area (TPSA) is 136 Å². The van der Waals surface area contributed by atoms with Gasteiger partial charge in [0, 0.05) is 34.0 Å². The minimum absolute atomic E-state index is 0.141. The van der Waals surface area contributed by atoms with Gasteiger partial charge in [-0.1, -0.05) is 0 Å². The van der Waals surface area contributed by atoms with Crippen molar-refractivity contribution in [2.75, 3.05) is 60.5 Å². The number of esters is 2. The molecule has 1 N–H and O–H groups in total. The van der Waals surface area contributed by atoms with Crippen LogP contribution in [0.5, 0.6) is 0 Å². The average molecular weight is 493 g/mol. The summed E-state index contributed by atoms with van der Waals surface area (Å²) in [4.78, 5) is 33.1. The average Bonchev–Trinajstić information content (AvgIpc) is 3.58. The molecule has 0 aromatic carbocycles. The van der Waals surface area contributed by atoms with E-state index in [0.717, 1.165) is 25.7 Å². The van der Waals surface area contributed by atoms with Crippen LogP contribution in [-0.4, -0.2) is 101 Å². The zero-order valence-electron chi connectivity index (χ0n) is 20.8. The van der Waals surface area contributed by atoms with Crippen molar-refractivity contribution in [3.63, 3.8) is 0 Å². The van der Waals surface area contributed by atoms with Crippen molar-refractivity contribution in [2.24, 2.45) is 0 Å². The molecule has 3 aliphatic rings. The van der Waals surface area contributed by atoms with Gasteiger partial charge in [-0.3, -0.25) is 0 Å². The second kappa shape index (κ2) is 16.0.